The molecule has 1 atom stereocenters. The van der Waals surface area contributed by atoms with Gasteiger partial charge in [0, 0.05) is 11.8 Å². The molecule has 0 unspecified atom stereocenters. The summed E-state index contributed by atoms with van der Waals surface area (Å²) in [7, 11) is -3.23. The number of hydrogen-bond acceptors (Lipinski definition) is 5. The molecule has 2 rings (SSSR count). The lowest BCUT2D eigenvalue weighted by atomic mass is 10.1. The molecule has 0 fully saturated rings. The molecule has 0 amide bonds. The van der Waals surface area contributed by atoms with E-state index in [4.69, 9.17) is 4.74 Å². The summed E-state index contributed by atoms with van der Waals surface area (Å²) in [5.41, 5.74) is 0.835. The molecule has 7 heteroatoms. The van der Waals surface area contributed by atoms with Crippen molar-refractivity contribution >= 4 is 21.6 Å². The Kier molecular flexibility index (Phi) is 5.69. The summed E-state index contributed by atoms with van der Waals surface area (Å²) in [5, 5.41) is 0. The van der Waals surface area contributed by atoms with Crippen LogP contribution in [0.15, 0.2) is 48.5 Å². The third-order valence-electron chi connectivity index (χ3n) is 3.37. The van der Waals surface area contributed by atoms with Crippen molar-refractivity contribution in [2.24, 2.45) is 0 Å². The largest absolute Gasteiger partial charge is 0.451 e. The van der Waals surface area contributed by atoms with Gasteiger partial charge >= 0.3 is 5.97 Å². The molecular formula is C18H17FO5S. The van der Waals surface area contributed by atoms with Crippen LogP contribution in [-0.2, 0) is 20.3 Å². The predicted molar refractivity (Wildman–Crippen MR) is 90.6 cm³/mol. The fourth-order valence-electron chi connectivity index (χ4n) is 2.22. The number of esters is 1. The molecule has 0 saturated heterocycles. The van der Waals surface area contributed by atoms with Gasteiger partial charge in [0.05, 0.1) is 11.3 Å². The monoisotopic (exact) mass is 364 g/mol. The van der Waals surface area contributed by atoms with Gasteiger partial charge in [0.15, 0.2) is 15.9 Å². The van der Waals surface area contributed by atoms with Gasteiger partial charge in [-0.25, -0.2) is 17.6 Å². The molecule has 0 aliphatic carbocycles. The zero-order valence-electron chi connectivity index (χ0n) is 13.7. The van der Waals surface area contributed by atoms with Crippen molar-refractivity contribution < 1.29 is 27.1 Å². The maximum Gasteiger partial charge on any atom is 0.338 e. The molecule has 0 aromatic heterocycles. The molecule has 0 N–H and O–H groups in total. The lowest BCUT2D eigenvalue weighted by molar-refractivity contribution is 0.0318. The van der Waals surface area contributed by atoms with E-state index in [2.05, 4.69) is 0 Å². The molecule has 0 bridgehead atoms. The minimum atomic E-state index is -3.23. The van der Waals surface area contributed by atoms with Crippen LogP contribution in [-0.4, -0.2) is 32.5 Å². The van der Waals surface area contributed by atoms with Gasteiger partial charge in [-0.3, -0.25) is 4.79 Å². The number of benzene rings is 2. The fraction of sp³-hybridized carbons (Fsp3) is 0.222. The lowest BCUT2D eigenvalue weighted by Gasteiger charge is -2.13. The molecule has 132 valence electrons. The average molecular weight is 364 g/mol. The SMILES string of the molecule is C[C@H](OC(=O)c1cccc(CS(C)(=O)=O)c1)C(=O)c1ccc(F)cc1. The third kappa shape index (κ3) is 5.49. The van der Waals surface area contributed by atoms with Gasteiger partial charge in [-0.15, -0.1) is 0 Å². The summed E-state index contributed by atoms with van der Waals surface area (Å²) < 4.78 is 40.7. The Morgan fingerprint density at radius 3 is 2.32 bits per heavy atom. The number of halogens is 1. The Bertz CT molecular complexity index is 888. The normalized spacial score (nSPS) is 12.4. The van der Waals surface area contributed by atoms with Crippen molar-refractivity contribution in [3.8, 4) is 0 Å². The summed E-state index contributed by atoms with van der Waals surface area (Å²) in [6.07, 6.45) is 0.0399. The quantitative estimate of drug-likeness (QED) is 0.582. The van der Waals surface area contributed by atoms with Crippen LogP contribution in [0.1, 0.15) is 33.2 Å². The number of carbonyl (C=O) groups excluding carboxylic acids is 2. The predicted octanol–water partition coefficient (Wildman–Crippen LogP) is 2.80. The molecule has 5 nitrogen and oxygen atoms in total. The zero-order chi connectivity index (χ0) is 18.6. The minimum Gasteiger partial charge on any atom is -0.451 e. The third-order valence-corrected chi connectivity index (χ3v) is 4.23. The van der Waals surface area contributed by atoms with Gasteiger partial charge in [-0.05, 0) is 48.9 Å². The Balaban J connectivity index is 2.09. The fourth-order valence-corrected chi connectivity index (χ4v) is 3.01. The molecule has 25 heavy (non-hydrogen) atoms. The van der Waals surface area contributed by atoms with E-state index >= 15 is 0 Å². The highest BCUT2D eigenvalue weighted by Crippen LogP contribution is 2.13. The molecule has 0 radical (unpaired) electrons. The topological polar surface area (TPSA) is 77.5 Å². The van der Waals surface area contributed by atoms with E-state index in [9.17, 15) is 22.4 Å². The minimum absolute atomic E-state index is 0.153. The number of hydrogen-bond donors (Lipinski definition) is 0. The van der Waals surface area contributed by atoms with E-state index in [1.165, 1.54) is 31.2 Å². The molecule has 0 heterocycles. The van der Waals surface area contributed by atoms with Crippen LogP contribution in [0, 0.1) is 5.82 Å². The van der Waals surface area contributed by atoms with Crippen LogP contribution in [0.3, 0.4) is 0 Å². The molecular weight excluding hydrogens is 347 g/mol. The second kappa shape index (κ2) is 7.57. The van der Waals surface area contributed by atoms with Crippen molar-refractivity contribution in [3.05, 3.63) is 71.0 Å². The van der Waals surface area contributed by atoms with E-state index in [0.717, 1.165) is 18.4 Å². The average Bonchev–Trinajstić information content (AvgIpc) is 2.53. The van der Waals surface area contributed by atoms with E-state index in [1.54, 1.807) is 12.1 Å². The Hall–Kier alpha value is -2.54. The number of ketones is 1. The van der Waals surface area contributed by atoms with Gasteiger partial charge in [-0.2, -0.15) is 0 Å². The first-order valence-corrected chi connectivity index (χ1v) is 9.49. The Morgan fingerprint density at radius 2 is 1.72 bits per heavy atom. The summed E-state index contributed by atoms with van der Waals surface area (Å²) >= 11 is 0. The van der Waals surface area contributed by atoms with E-state index < -0.39 is 33.5 Å². The highest BCUT2D eigenvalue weighted by molar-refractivity contribution is 7.89. The highest BCUT2D eigenvalue weighted by Gasteiger charge is 2.20. The van der Waals surface area contributed by atoms with Crippen molar-refractivity contribution in [2.45, 2.75) is 18.8 Å². The van der Waals surface area contributed by atoms with Gasteiger partial charge < -0.3 is 4.74 Å². The standard InChI is InChI=1S/C18H17FO5S/c1-12(17(20)14-6-8-16(19)9-7-14)24-18(21)15-5-3-4-13(10-15)11-25(2,22)23/h3-10,12H,11H2,1-2H3/t12-/m0/s1. The molecule has 0 spiro atoms. The number of Topliss-reactive ketones (excluding diaryl/α,β-unsaturated/α-hetero) is 1. The first-order valence-electron chi connectivity index (χ1n) is 7.43. The van der Waals surface area contributed by atoms with Crippen molar-refractivity contribution in [1.82, 2.24) is 0 Å². The maximum atomic E-state index is 12.9. The number of carbonyl (C=O) groups is 2. The van der Waals surface area contributed by atoms with Crippen molar-refractivity contribution in [2.75, 3.05) is 6.26 Å². The van der Waals surface area contributed by atoms with Gasteiger partial charge in [-0.1, -0.05) is 12.1 Å². The first-order chi connectivity index (χ1) is 11.7. The van der Waals surface area contributed by atoms with Crippen LogP contribution in [0.5, 0.6) is 0 Å². The maximum absolute atomic E-state index is 12.9. The van der Waals surface area contributed by atoms with E-state index in [1.807, 2.05) is 0 Å². The second-order valence-corrected chi connectivity index (χ2v) is 7.83. The lowest BCUT2D eigenvalue weighted by Crippen LogP contribution is -2.24. The van der Waals surface area contributed by atoms with Gasteiger partial charge in [0.1, 0.15) is 5.82 Å². The Morgan fingerprint density at radius 1 is 1.08 bits per heavy atom. The van der Waals surface area contributed by atoms with Gasteiger partial charge in [0.25, 0.3) is 0 Å². The zero-order valence-corrected chi connectivity index (χ0v) is 14.5. The van der Waals surface area contributed by atoms with Crippen LogP contribution in [0.4, 0.5) is 4.39 Å². The summed E-state index contributed by atoms with van der Waals surface area (Å²) in [4.78, 5) is 24.4. The first kappa shape index (κ1) is 18.8. The van der Waals surface area contributed by atoms with Crippen molar-refractivity contribution in [3.63, 3.8) is 0 Å². The van der Waals surface area contributed by atoms with Crippen LogP contribution in [0.25, 0.3) is 0 Å². The highest BCUT2D eigenvalue weighted by atomic mass is 32.2. The Labute approximate surface area is 145 Å². The summed E-state index contributed by atoms with van der Waals surface area (Å²) in [5.74, 6) is -1.86. The van der Waals surface area contributed by atoms with Gasteiger partial charge in [0.2, 0.25) is 5.78 Å². The molecule has 0 aliphatic rings. The molecule has 2 aromatic carbocycles. The van der Waals surface area contributed by atoms with Crippen molar-refractivity contribution in [1.29, 1.82) is 0 Å². The molecule has 0 saturated carbocycles. The van der Waals surface area contributed by atoms with Crippen LogP contribution >= 0.6 is 0 Å². The summed E-state index contributed by atoms with van der Waals surface area (Å²) in [6.45, 7) is 1.42. The van der Waals surface area contributed by atoms with E-state index in [0.29, 0.717) is 5.56 Å². The number of rotatable bonds is 6. The second-order valence-electron chi connectivity index (χ2n) is 5.69. The van der Waals surface area contributed by atoms with E-state index in [-0.39, 0.29) is 16.9 Å². The smallest absolute Gasteiger partial charge is 0.338 e. The number of sulfone groups is 1. The van der Waals surface area contributed by atoms with Crippen LogP contribution in [0.2, 0.25) is 0 Å². The molecule has 0 aliphatic heterocycles. The summed E-state index contributed by atoms with van der Waals surface area (Å²) in [6, 6.07) is 11.0. The molecule has 2 aromatic rings. The number of ether oxygens (including phenoxy) is 1. The van der Waals surface area contributed by atoms with Crippen LogP contribution < -0.4 is 0 Å².